The number of hydrogen-bond donors (Lipinski definition) is 0. The van der Waals surface area contributed by atoms with Crippen LogP contribution in [0.5, 0.6) is 0 Å². The highest BCUT2D eigenvalue weighted by Gasteiger charge is 2.12. The predicted octanol–water partition coefficient (Wildman–Crippen LogP) is 4.08. The first-order chi connectivity index (χ1) is 4.81. The summed E-state index contributed by atoms with van der Waals surface area (Å²) in [5.74, 6) is 0.734. The minimum Gasteiger partial charge on any atom is -0.125 e. The fraction of sp³-hybridized carbons (Fsp3) is 0.800. The van der Waals surface area contributed by atoms with Crippen LogP contribution in [0.4, 0.5) is 0 Å². The Labute approximate surface area is 75.5 Å². The molecular weight excluding hydrogens is 152 g/mol. The molecule has 1 heteroatoms. The second kappa shape index (κ2) is 4.20. The van der Waals surface area contributed by atoms with Gasteiger partial charge in [0.05, 0.1) is 0 Å². The van der Waals surface area contributed by atoms with Crippen molar-refractivity contribution in [3.05, 3.63) is 11.5 Å². The zero-order valence-corrected chi connectivity index (χ0v) is 9.22. The molecule has 0 amide bonds. The molecule has 0 N–H and O–H groups in total. The highest BCUT2D eigenvalue weighted by Crippen LogP contribution is 2.33. The van der Waals surface area contributed by atoms with Gasteiger partial charge in [-0.05, 0) is 17.2 Å². The van der Waals surface area contributed by atoms with Crippen molar-refractivity contribution in [1.29, 1.82) is 0 Å². The number of thioether (sulfide) groups is 1. The van der Waals surface area contributed by atoms with Gasteiger partial charge in [0.1, 0.15) is 0 Å². The Morgan fingerprint density at radius 2 is 1.82 bits per heavy atom. The lowest BCUT2D eigenvalue weighted by Crippen LogP contribution is -2.07. The van der Waals surface area contributed by atoms with E-state index >= 15 is 0 Å². The van der Waals surface area contributed by atoms with Crippen molar-refractivity contribution in [1.82, 2.24) is 0 Å². The molecule has 0 bridgehead atoms. The summed E-state index contributed by atoms with van der Waals surface area (Å²) < 4.78 is 0.325. The molecule has 0 saturated heterocycles. The smallest absolute Gasteiger partial charge is 0.0119 e. The SMILES string of the molecule is C=C(CC(C)C)SC(C)(C)C. The lowest BCUT2D eigenvalue weighted by molar-refractivity contribution is 0.657. The van der Waals surface area contributed by atoms with Crippen LogP contribution in [-0.4, -0.2) is 4.75 Å². The zero-order chi connectivity index (χ0) is 9.07. The third-order valence-electron chi connectivity index (χ3n) is 1.09. The molecule has 0 aliphatic carbocycles. The van der Waals surface area contributed by atoms with E-state index in [9.17, 15) is 0 Å². The topological polar surface area (TPSA) is 0 Å². The maximum absolute atomic E-state index is 4.04. The van der Waals surface area contributed by atoms with Gasteiger partial charge in [-0.2, -0.15) is 0 Å². The standard InChI is InChI=1S/C10H20S/c1-8(2)7-9(3)11-10(4,5)6/h8H,3,7H2,1-2,4-6H3. The third kappa shape index (κ3) is 7.99. The van der Waals surface area contributed by atoms with E-state index in [1.807, 2.05) is 11.8 Å². The summed E-state index contributed by atoms with van der Waals surface area (Å²) in [4.78, 5) is 1.31. The van der Waals surface area contributed by atoms with Crippen molar-refractivity contribution in [2.75, 3.05) is 0 Å². The molecule has 0 saturated carbocycles. The summed E-state index contributed by atoms with van der Waals surface area (Å²) in [5, 5.41) is 0. The van der Waals surface area contributed by atoms with Gasteiger partial charge in [0, 0.05) is 4.75 Å². The molecule has 0 aliphatic rings. The van der Waals surface area contributed by atoms with Crippen molar-refractivity contribution in [2.45, 2.75) is 45.8 Å². The monoisotopic (exact) mass is 172 g/mol. The van der Waals surface area contributed by atoms with E-state index in [-0.39, 0.29) is 0 Å². The van der Waals surface area contributed by atoms with Crippen LogP contribution in [-0.2, 0) is 0 Å². The van der Waals surface area contributed by atoms with Gasteiger partial charge in [-0.1, -0.05) is 41.2 Å². The predicted molar refractivity (Wildman–Crippen MR) is 55.9 cm³/mol. The first kappa shape index (κ1) is 11.1. The molecule has 0 unspecified atom stereocenters. The molecule has 0 heterocycles. The Balaban J connectivity index is 3.71. The maximum atomic E-state index is 4.04. The van der Waals surface area contributed by atoms with Gasteiger partial charge in [0.15, 0.2) is 0 Å². The molecule has 0 aliphatic heterocycles. The summed E-state index contributed by atoms with van der Waals surface area (Å²) in [6.45, 7) is 15.2. The van der Waals surface area contributed by atoms with Gasteiger partial charge in [-0.25, -0.2) is 0 Å². The van der Waals surface area contributed by atoms with Crippen LogP contribution in [0.1, 0.15) is 41.0 Å². The molecule has 0 aromatic rings. The van der Waals surface area contributed by atoms with E-state index in [4.69, 9.17) is 0 Å². The molecule has 0 atom stereocenters. The fourth-order valence-corrected chi connectivity index (χ4v) is 2.21. The second-order valence-electron chi connectivity index (χ2n) is 4.35. The van der Waals surface area contributed by atoms with E-state index in [0.29, 0.717) is 4.75 Å². The molecule has 0 aromatic heterocycles. The molecule has 0 radical (unpaired) electrons. The molecule has 11 heavy (non-hydrogen) atoms. The molecule has 0 nitrogen and oxygen atoms in total. The maximum Gasteiger partial charge on any atom is 0.0119 e. The van der Waals surface area contributed by atoms with E-state index < -0.39 is 0 Å². The van der Waals surface area contributed by atoms with Crippen molar-refractivity contribution >= 4 is 11.8 Å². The first-order valence-electron chi connectivity index (χ1n) is 4.18. The van der Waals surface area contributed by atoms with Gasteiger partial charge in [0.2, 0.25) is 0 Å². The molecule has 0 spiro atoms. The first-order valence-corrected chi connectivity index (χ1v) is 4.99. The second-order valence-corrected chi connectivity index (χ2v) is 6.36. The fourth-order valence-electron chi connectivity index (χ4n) is 0.930. The van der Waals surface area contributed by atoms with Gasteiger partial charge in [-0.15, -0.1) is 11.8 Å². The summed E-state index contributed by atoms with van der Waals surface area (Å²) in [6.07, 6.45) is 1.14. The summed E-state index contributed by atoms with van der Waals surface area (Å²) in [6, 6.07) is 0. The Kier molecular flexibility index (Phi) is 4.23. The molecule has 66 valence electrons. The van der Waals surface area contributed by atoms with E-state index in [0.717, 1.165) is 12.3 Å². The van der Waals surface area contributed by atoms with Gasteiger partial charge in [-0.3, -0.25) is 0 Å². The van der Waals surface area contributed by atoms with Crippen LogP contribution in [0.25, 0.3) is 0 Å². The van der Waals surface area contributed by atoms with E-state index in [1.165, 1.54) is 4.91 Å². The highest BCUT2D eigenvalue weighted by atomic mass is 32.2. The van der Waals surface area contributed by atoms with Crippen molar-refractivity contribution in [3.8, 4) is 0 Å². The summed E-state index contributed by atoms with van der Waals surface area (Å²) in [7, 11) is 0. The third-order valence-corrected chi connectivity index (χ3v) is 2.15. The summed E-state index contributed by atoms with van der Waals surface area (Å²) >= 11 is 1.89. The Morgan fingerprint density at radius 3 is 2.09 bits per heavy atom. The van der Waals surface area contributed by atoms with Crippen molar-refractivity contribution < 1.29 is 0 Å². The van der Waals surface area contributed by atoms with Gasteiger partial charge >= 0.3 is 0 Å². The van der Waals surface area contributed by atoms with Crippen LogP contribution in [0.3, 0.4) is 0 Å². The van der Waals surface area contributed by atoms with Crippen molar-refractivity contribution in [2.24, 2.45) is 5.92 Å². The van der Waals surface area contributed by atoms with Crippen molar-refractivity contribution in [3.63, 3.8) is 0 Å². The molecule has 0 aromatic carbocycles. The average Bonchev–Trinajstić information content (AvgIpc) is 1.53. The lowest BCUT2D eigenvalue weighted by Gasteiger charge is -2.19. The van der Waals surface area contributed by atoms with Crippen LogP contribution < -0.4 is 0 Å². The normalized spacial score (nSPS) is 12.2. The van der Waals surface area contributed by atoms with Gasteiger partial charge < -0.3 is 0 Å². The van der Waals surface area contributed by atoms with Crippen LogP contribution in [0.2, 0.25) is 0 Å². The van der Waals surface area contributed by atoms with E-state index in [2.05, 4.69) is 41.2 Å². The quantitative estimate of drug-likeness (QED) is 0.618. The van der Waals surface area contributed by atoms with E-state index in [1.54, 1.807) is 0 Å². The Bertz CT molecular complexity index is 128. The van der Waals surface area contributed by atoms with Crippen LogP contribution >= 0.6 is 11.8 Å². The largest absolute Gasteiger partial charge is 0.125 e. The average molecular weight is 172 g/mol. The Hall–Kier alpha value is 0.0900. The van der Waals surface area contributed by atoms with Crippen LogP contribution in [0, 0.1) is 5.92 Å². The lowest BCUT2D eigenvalue weighted by atomic mass is 10.1. The molecule has 0 fully saturated rings. The van der Waals surface area contributed by atoms with Gasteiger partial charge in [0.25, 0.3) is 0 Å². The molecular formula is C10H20S. The zero-order valence-electron chi connectivity index (χ0n) is 8.40. The minimum absolute atomic E-state index is 0.325. The summed E-state index contributed by atoms with van der Waals surface area (Å²) in [5.41, 5.74) is 0. The minimum atomic E-state index is 0.325. The number of allylic oxidation sites excluding steroid dienone is 1. The molecule has 0 rings (SSSR count). The number of rotatable bonds is 3. The number of hydrogen-bond acceptors (Lipinski definition) is 1. The van der Waals surface area contributed by atoms with Crippen LogP contribution in [0.15, 0.2) is 11.5 Å². The highest BCUT2D eigenvalue weighted by molar-refractivity contribution is 8.04. The Morgan fingerprint density at radius 1 is 1.36 bits per heavy atom.